The van der Waals surface area contributed by atoms with Crippen molar-refractivity contribution in [1.82, 2.24) is 14.8 Å². The average Bonchev–Trinajstić information content (AvgIpc) is 2.74. The molecule has 0 spiro atoms. The number of hydrogen-bond donors (Lipinski definition) is 1. The quantitative estimate of drug-likeness (QED) is 0.817. The van der Waals surface area contributed by atoms with Crippen LogP contribution in [0.5, 0.6) is 0 Å². The standard InChI is InChI=1S/C9H11FN4O/c1-3-14-5(2)7(10)8(13-14)6-4-12-9(11)15-6/h4H,3H2,1-2H3,(H2,11,12). The number of rotatable bonds is 2. The number of nitrogen functional groups attached to an aromatic ring is 1. The number of nitrogens with two attached hydrogens (primary N) is 1. The summed E-state index contributed by atoms with van der Waals surface area (Å²) in [5, 5.41) is 4.06. The molecule has 0 unspecified atom stereocenters. The van der Waals surface area contributed by atoms with Crippen molar-refractivity contribution in [1.29, 1.82) is 0 Å². The van der Waals surface area contributed by atoms with Crippen LogP contribution >= 0.6 is 0 Å². The lowest BCUT2D eigenvalue weighted by Crippen LogP contribution is -1.98. The number of nitrogens with zero attached hydrogens (tertiary/aromatic N) is 3. The van der Waals surface area contributed by atoms with E-state index in [4.69, 9.17) is 10.2 Å². The van der Waals surface area contributed by atoms with E-state index in [2.05, 4.69) is 10.1 Å². The van der Waals surface area contributed by atoms with E-state index >= 15 is 0 Å². The Morgan fingerprint density at radius 2 is 2.33 bits per heavy atom. The molecule has 0 aliphatic carbocycles. The van der Waals surface area contributed by atoms with Gasteiger partial charge in [0.1, 0.15) is 0 Å². The van der Waals surface area contributed by atoms with E-state index < -0.39 is 5.82 Å². The maximum absolute atomic E-state index is 13.7. The Bertz CT molecular complexity index is 488. The van der Waals surface area contributed by atoms with Crippen LogP contribution in [0.25, 0.3) is 11.5 Å². The fourth-order valence-electron chi connectivity index (χ4n) is 1.39. The summed E-state index contributed by atoms with van der Waals surface area (Å²) in [5.74, 6) is -0.145. The second kappa shape index (κ2) is 3.38. The van der Waals surface area contributed by atoms with Crippen LogP contribution in [0.4, 0.5) is 10.4 Å². The van der Waals surface area contributed by atoms with E-state index in [1.807, 2.05) is 6.92 Å². The van der Waals surface area contributed by atoms with Gasteiger partial charge in [0, 0.05) is 6.54 Å². The minimum absolute atomic E-state index is 0.00750. The first-order chi connectivity index (χ1) is 7.13. The zero-order chi connectivity index (χ0) is 11.0. The van der Waals surface area contributed by atoms with Gasteiger partial charge in [-0.25, -0.2) is 9.37 Å². The average molecular weight is 210 g/mol. The Hall–Kier alpha value is -1.85. The van der Waals surface area contributed by atoms with Crippen LogP contribution in [0.3, 0.4) is 0 Å². The van der Waals surface area contributed by atoms with Crippen LogP contribution in [0.2, 0.25) is 0 Å². The highest BCUT2D eigenvalue weighted by molar-refractivity contribution is 5.53. The molecule has 0 amide bonds. The molecule has 2 rings (SSSR count). The summed E-state index contributed by atoms with van der Waals surface area (Å²) >= 11 is 0. The Morgan fingerprint density at radius 3 is 2.80 bits per heavy atom. The molecule has 0 aliphatic heterocycles. The summed E-state index contributed by atoms with van der Waals surface area (Å²) in [4.78, 5) is 3.69. The van der Waals surface area contributed by atoms with Crippen molar-refractivity contribution in [2.45, 2.75) is 20.4 Å². The van der Waals surface area contributed by atoms with Gasteiger partial charge in [-0.15, -0.1) is 0 Å². The highest BCUT2D eigenvalue weighted by Gasteiger charge is 2.18. The van der Waals surface area contributed by atoms with Crippen LogP contribution in [0, 0.1) is 12.7 Å². The Morgan fingerprint density at radius 1 is 1.60 bits per heavy atom. The SMILES string of the molecule is CCn1nc(-c2cnc(N)o2)c(F)c1C. The number of oxazole rings is 1. The van der Waals surface area contributed by atoms with Gasteiger partial charge in [0.15, 0.2) is 17.3 Å². The van der Waals surface area contributed by atoms with Crippen molar-refractivity contribution in [3.8, 4) is 11.5 Å². The first-order valence-corrected chi connectivity index (χ1v) is 4.58. The highest BCUT2D eigenvalue weighted by Crippen LogP contribution is 2.24. The molecule has 0 bridgehead atoms. The third-order valence-corrected chi connectivity index (χ3v) is 2.19. The molecule has 0 radical (unpaired) electrons. The molecule has 0 saturated heterocycles. The molecule has 0 saturated carbocycles. The summed E-state index contributed by atoms with van der Waals surface area (Å²) in [6.45, 7) is 4.15. The zero-order valence-electron chi connectivity index (χ0n) is 8.49. The lowest BCUT2D eigenvalue weighted by Gasteiger charge is -1.95. The number of aromatic nitrogens is 3. The van der Waals surface area contributed by atoms with Gasteiger partial charge in [-0.2, -0.15) is 5.10 Å². The van der Waals surface area contributed by atoms with Crippen molar-refractivity contribution in [3.05, 3.63) is 17.7 Å². The number of aryl methyl sites for hydroxylation is 1. The highest BCUT2D eigenvalue weighted by atomic mass is 19.1. The van der Waals surface area contributed by atoms with E-state index in [-0.39, 0.29) is 17.5 Å². The summed E-state index contributed by atoms with van der Waals surface area (Å²) in [5.41, 5.74) is 5.93. The normalized spacial score (nSPS) is 10.9. The predicted octanol–water partition coefficient (Wildman–Crippen LogP) is 1.59. The van der Waals surface area contributed by atoms with Crippen LogP contribution in [-0.4, -0.2) is 14.8 Å². The van der Waals surface area contributed by atoms with E-state index in [0.29, 0.717) is 12.2 Å². The first-order valence-electron chi connectivity index (χ1n) is 4.58. The van der Waals surface area contributed by atoms with Crippen LogP contribution in [0.1, 0.15) is 12.6 Å². The molecule has 0 aromatic carbocycles. The topological polar surface area (TPSA) is 69.9 Å². The van der Waals surface area contributed by atoms with Crippen molar-refractivity contribution < 1.29 is 8.81 Å². The third kappa shape index (κ3) is 1.47. The molecule has 80 valence electrons. The molecule has 2 aromatic rings. The van der Waals surface area contributed by atoms with Crippen molar-refractivity contribution >= 4 is 6.01 Å². The molecule has 6 heteroatoms. The fourth-order valence-corrected chi connectivity index (χ4v) is 1.39. The zero-order valence-corrected chi connectivity index (χ0v) is 8.49. The molecule has 2 aromatic heterocycles. The van der Waals surface area contributed by atoms with Gasteiger partial charge in [-0.1, -0.05) is 0 Å². The Balaban J connectivity index is 2.53. The largest absolute Gasteiger partial charge is 0.422 e. The Labute approximate surface area is 85.7 Å². The first kappa shape index (κ1) is 9.70. The molecule has 0 aliphatic rings. The van der Waals surface area contributed by atoms with Gasteiger partial charge in [-0.3, -0.25) is 4.68 Å². The molecular weight excluding hydrogens is 199 g/mol. The molecular formula is C9H11FN4O. The van der Waals surface area contributed by atoms with Gasteiger partial charge >= 0.3 is 0 Å². The van der Waals surface area contributed by atoms with Gasteiger partial charge in [0.05, 0.1) is 11.9 Å². The second-order valence-electron chi connectivity index (χ2n) is 3.13. The summed E-state index contributed by atoms with van der Waals surface area (Å²) in [6, 6.07) is 0.00750. The second-order valence-corrected chi connectivity index (χ2v) is 3.13. The monoisotopic (exact) mass is 210 g/mol. The van der Waals surface area contributed by atoms with Gasteiger partial charge < -0.3 is 10.2 Å². The number of anilines is 1. The van der Waals surface area contributed by atoms with Crippen molar-refractivity contribution in [3.63, 3.8) is 0 Å². The van der Waals surface area contributed by atoms with E-state index in [0.717, 1.165) is 0 Å². The van der Waals surface area contributed by atoms with E-state index in [9.17, 15) is 4.39 Å². The van der Waals surface area contributed by atoms with Crippen molar-refractivity contribution in [2.24, 2.45) is 0 Å². The number of halogens is 1. The van der Waals surface area contributed by atoms with Gasteiger partial charge in [0.25, 0.3) is 6.01 Å². The molecule has 0 atom stereocenters. The summed E-state index contributed by atoms with van der Waals surface area (Å²) in [7, 11) is 0. The third-order valence-electron chi connectivity index (χ3n) is 2.19. The summed E-state index contributed by atoms with van der Waals surface area (Å²) < 4.78 is 20.3. The van der Waals surface area contributed by atoms with Crippen LogP contribution in [0.15, 0.2) is 10.6 Å². The van der Waals surface area contributed by atoms with E-state index in [1.165, 1.54) is 6.20 Å². The minimum atomic E-state index is -0.395. The maximum Gasteiger partial charge on any atom is 0.292 e. The maximum atomic E-state index is 13.7. The predicted molar refractivity (Wildman–Crippen MR) is 52.5 cm³/mol. The minimum Gasteiger partial charge on any atom is -0.422 e. The summed E-state index contributed by atoms with van der Waals surface area (Å²) in [6.07, 6.45) is 1.36. The van der Waals surface area contributed by atoms with Crippen LogP contribution < -0.4 is 5.73 Å². The molecule has 15 heavy (non-hydrogen) atoms. The lowest BCUT2D eigenvalue weighted by atomic mass is 10.3. The van der Waals surface area contributed by atoms with Gasteiger partial charge in [-0.05, 0) is 13.8 Å². The Kier molecular flexibility index (Phi) is 2.18. The number of hydrogen-bond acceptors (Lipinski definition) is 4. The van der Waals surface area contributed by atoms with E-state index in [1.54, 1.807) is 11.6 Å². The van der Waals surface area contributed by atoms with Crippen LogP contribution in [-0.2, 0) is 6.54 Å². The fraction of sp³-hybridized carbons (Fsp3) is 0.333. The molecule has 2 N–H and O–H groups in total. The van der Waals surface area contributed by atoms with Gasteiger partial charge in [0.2, 0.25) is 0 Å². The van der Waals surface area contributed by atoms with Crippen molar-refractivity contribution in [2.75, 3.05) is 5.73 Å². The molecule has 0 fully saturated rings. The lowest BCUT2D eigenvalue weighted by molar-refractivity contribution is 0.576. The molecule has 5 nitrogen and oxygen atoms in total. The smallest absolute Gasteiger partial charge is 0.292 e. The molecule has 2 heterocycles.